The van der Waals surface area contributed by atoms with Gasteiger partial charge in [0.25, 0.3) is 5.91 Å². The molecule has 3 rings (SSSR count). The number of anilines is 1. The first kappa shape index (κ1) is 15.9. The molecule has 0 saturated heterocycles. The molecule has 24 heavy (non-hydrogen) atoms. The number of nitrogens with zero attached hydrogens (tertiary/aromatic N) is 1. The average Bonchev–Trinajstić information content (AvgIpc) is 3.00. The van der Waals surface area contributed by atoms with Crippen LogP contribution >= 0.6 is 0 Å². The number of carbonyl (C=O) groups excluding carboxylic acids is 1. The molecule has 0 fully saturated rings. The molecule has 1 amide bonds. The minimum atomic E-state index is -4.47. The number of halogens is 3. The number of benzene rings is 1. The topological polar surface area (TPSA) is 67.0 Å². The number of ether oxygens (including phenoxy) is 1. The average molecular weight is 335 g/mol. The molecule has 0 bridgehead atoms. The van der Waals surface area contributed by atoms with Crippen molar-refractivity contribution in [1.82, 2.24) is 9.97 Å². The van der Waals surface area contributed by atoms with E-state index in [0.717, 1.165) is 10.9 Å². The number of hydrogen-bond donors (Lipinski definition) is 2. The van der Waals surface area contributed by atoms with Gasteiger partial charge in [0.1, 0.15) is 5.69 Å². The second kappa shape index (κ2) is 6.23. The maximum absolute atomic E-state index is 12.2. The minimum absolute atomic E-state index is 0.0381. The van der Waals surface area contributed by atoms with Crippen molar-refractivity contribution in [3.63, 3.8) is 0 Å². The Kier molecular flexibility index (Phi) is 4.11. The zero-order chi connectivity index (χ0) is 17.2. The van der Waals surface area contributed by atoms with E-state index in [1.807, 2.05) is 6.07 Å². The lowest BCUT2D eigenvalue weighted by atomic mass is 10.2. The predicted molar refractivity (Wildman–Crippen MR) is 82.0 cm³/mol. The minimum Gasteiger partial charge on any atom is -0.468 e. The number of fused-ring (bicyclic) bond motifs is 1. The highest BCUT2D eigenvalue weighted by Gasteiger charge is 2.28. The van der Waals surface area contributed by atoms with Gasteiger partial charge in [-0.3, -0.25) is 4.79 Å². The standard InChI is InChI=1S/C16H12F3N3O2/c17-16(18,19)9-24-14-3-1-2-13(22-14)15(23)21-11-4-5-12-10(8-11)6-7-20-12/h1-8,20H,9H2,(H,21,23). The molecule has 3 aromatic rings. The Morgan fingerprint density at radius 3 is 2.83 bits per heavy atom. The van der Waals surface area contributed by atoms with Crippen molar-refractivity contribution in [2.75, 3.05) is 11.9 Å². The van der Waals surface area contributed by atoms with Crippen LogP contribution in [0.4, 0.5) is 18.9 Å². The van der Waals surface area contributed by atoms with E-state index in [0.29, 0.717) is 5.69 Å². The first-order valence-electron chi connectivity index (χ1n) is 6.96. The number of alkyl halides is 3. The van der Waals surface area contributed by atoms with Crippen LogP contribution in [-0.2, 0) is 0 Å². The van der Waals surface area contributed by atoms with Crippen LogP contribution in [0.2, 0.25) is 0 Å². The summed E-state index contributed by atoms with van der Waals surface area (Å²) in [5.74, 6) is -0.802. The summed E-state index contributed by atoms with van der Waals surface area (Å²) in [6, 6.07) is 11.2. The molecule has 0 aliphatic rings. The molecule has 2 N–H and O–H groups in total. The summed E-state index contributed by atoms with van der Waals surface area (Å²) in [6.45, 7) is -1.46. The number of carbonyl (C=O) groups is 1. The second-order valence-electron chi connectivity index (χ2n) is 5.00. The van der Waals surface area contributed by atoms with Gasteiger partial charge in [0.05, 0.1) is 0 Å². The van der Waals surface area contributed by atoms with Gasteiger partial charge in [0, 0.05) is 28.9 Å². The summed E-state index contributed by atoms with van der Waals surface area (Å²) >= 11 is 0. The molecule has 5 nitrogen and oxygen atoms in total. The maximum Gasteiger partial charge on any atom is 0.422 e. The van der Waals surface area contributed by atoms with Crippen LogP contribution < -0.4 is 10.1 Å². The lowest BCUT2D eigenvalue weighted by Crippen LogP contribution is -2.20. The number of aromatic nitrogens is 2. The van der Waals surface area contributed by atoms with Crippen molar-refractivity contribution in [3.05, 3.63) is 54.4 Å². The summed E-state index contributed by atoms with van der Waals surface area (Å²) in [6.07, 6.45) is -2.69. The number of amides is 1. The molecule has 0 aliphatic carbocycles. The Bertz CT molecular complexity index is 874. The van der Waals surface area contributed by atoms with E-state index in [1.165, 1.54) is 18.2 Å². The number of pyridine rings is 1. The van der Waals surface area contributed by atoms with E-state index in [9.17, 15) is 18.0 Å². The second-order valence-corrected chi connectivity index (χ2v) is 5.00. The molecule has 0 unspecified atom stereocenters. The summed E-state index contributed by atoms with van der Waals surface area (Å²) in [4.78, 5) is 19.0. The number of aromatic amines is 1. The lowest BCUT2D eigenvalue weighted by molar-refractivity contribution is -0.154. The lowest BCUT2D eigenvalue weighted by Gasteiger charge is -2.09. The Labute approximate surface area is 134 Å². The van der Waals surface area contributed by atoms with E-state index in [4.69, 9.17) is 0 Å². The van der Waals surface area contributed by atoms with Gasteiger partial charge in [-0.2, -0.15) is 13.2 Å². The van der Waals surface area contributed by atoms with Crippen LogP contribution in [0.15, 0.2) is 48.7 Å². The molecule has 0 radical (unpaired) electrons. The fourth-order valence-electron chi connectivity index (χ4n) is 2.10. The van der Waals surface area contributed by atoms with Crippen molar-refractivity contribution in [2.24, 2.45) is 0 Å². The van der Waals surface area contributed by atoms with Gasteiger partial charge in [0.15, 0.2) is 6.61 Å². The molecule has 1 aromatic carbocycles. The number of hydrogen-bond acceptors (Lipinski definition) is 3. The Morgan fingerprint density at radius 2 is 2.04 bits per heavy atom. The smallest absolute Gasteiger partial charge is 0.422 e. The van der Waals surface area contributed by atoms with Crippen molar-refractivity contribution in [1.29, 1.82) is 0 Å². The third-order valence-corrected chi connectivity index (χ3v) is 3.15. The Hall–Kier alpha value is -3.03. The van der Waals surface area contributed by atoms with Crippen LogP contribution in [0, 0.1) is 0 Å². The van der Waals surface area contributed by atoms with E-state index < -0.39 is 18.7 Å². The van der Waals surface area contributed by atoms with E-state index in [-0.39, 0.29) is 11.6 Å². The summed E-state index contributed by atoms with van der Waals surface area (Å²) in [5, 5.41) is 3.57. The van der Waals surface area contributed by atoms with Crippen molar-refractivity contribution in [3.8, 4) is 5.88 Å². The maximum atomic E-state index is 12.2. The normalized spacial score (nSPS) is 11.5. The van der Waals surface area contributed by atoms with Crippen molar-refractivity contribution < 1.29 is 22.7 Å². The first-order chi connectivity index (χ1) is 11.4. The van der Waals surface area contributed by atoms with Crippen LogP contribution in [0.25, 0.3) is 10.9 Å². The highest BCUT2D eigenvalue weighted by atomic mass is 19.4. The first-order valence-corrected chi connectivity index (χ1v) is 6.96. The van der Waals surface area contributed by atoms with Gasteiger partial charge in [-0.05, 0) is 30.3 Å². The predicted octanol–water partition coefficient (Wildman–Crippen LogP) is 3.76. The molecule has 124 valence electrons. The van der Waals surface area contributed by atoms with Crippen LogP contribution in [-0.4, -0.2) is 28.7 Å². The Morgan fingerprint density at radius 1 is 1.21 bits per heavy atom. The number of rotatable bonds is 4. The fourth-order valence-corrected chi connectivity index (χ4v) is 2.10. The van der Waals surface area contributed by atoms with E-state index in [1.54, 1.807) is 24.4 Å². The molecular weight excluding hydrogens is 323 g/mol. The fraction of sp³-hybridized carbons (Fsp3) is 0.125. The third-order valence-electron chi connectivity index (χ3n) is 3.15. The molecule has 0 aliphatic heterocycles. The van der Waals surface area contributed by atoms with Gasteiger partial charge in [-0.15, -0.1) is 0 Å². The van der Waals surface area contributed by atoms with Gasteiger partial charge in [-0.25, -0.2) is 4.98 Å². The molecule has 0 spiro atoms. The monoisotopic (exact) mass is 335 g/mol. The number of nitrogens with one attached hydrogen (secondary N) is 2. The largest absolute Gasteiger partial charge is 0.468 e. The van der Waals surface area contributed by atoms with Crippen LogP contribution in [0.5, 0.6) is 5.88 Å². The third kappa shape index (κ3) is 3.83. The highest BCUT2D eigenvalue weighted by molar-refractivity contribution is 6.03. The Balaban J connectivity index is 1.72. The van der Waals surface area contributed by atoms with Crippen molar-refractivity contribution in [2.45, 2.75) is 6.18 Å². The highest BCUT2D eigenvalue weighted by Crippen LogP contribution is 2.19. The summed E-state index contributed by atoms with van der Waals surface area (Å²) in [7, 11) is 0. The van der Waals surface area contributed by atoms with Crippen LogP contribution in [0.1, 0.15) is 10.5 Å². The molecule has 2 aromatic heterocycles. The molecule has 0 saturated carbocycles. The van der Waals surface area contributed by atoms with Crippen LogP contribution in [0.3, 0.4) is 0 Å². The van der Waals surface area contributed by atoms with Gasteiger partial charge in [0.2, 0.25) is 5.88 Å². The van der Waals surface area contributed by atoms with Gasteiger partial charge >= 0.3 is 6.18 Å². The van der Waals surface area contributed by atoms with E-state index >= 15 is 0 Å². The van der Waals surface area contributed by atoms with Crippen molar-refractivity contribution >= 4 is 22.5 Å². The van der Waals surface area contributed by atoms with Gasteiger partial charge < -0.3 is 15.0 Å². The summed E-state index contributed by atoms with van der Waals surface area (Å²) < 4.78 is 41.0. The van der Waals surface area contributed by atoms with E-state index in [2.05, 4.69) is 20.0 Å². The number of H-pyrrole nitrogens is 1. The molecule has 8 heteroatoms. The molecule has 0 atom stereocenters. The summed E-state index contributed by atoms with van der Waals surface area (Å²) in [5.41, 5.74) is 1.44. The quantitative estimate of drug-likeness (QED) is 0.763. The van der Waals surface area contributed by atoms with Gasteiger partial charge in [-0.1, -0.05) is 6.07 Å². The zero-order valence-corrected chi connectivity index (χ0v) is 12.2. The SMILES string of the molecule is O=C(Nc1ccc2[nH]ccc2c1)c1cccc(OCC(F)(F)F)n1. The zero-order valence-electron chi connectivity index (χ0n) is 12.2. The molecular formula is C16H12F3N3O2. The molecule has 2 heterocycles.